The third kappa shape index (κ3) is 10.8. The Hall–Kier alpha value is -4.90. The van der Waals surface area contributed by atoms with Gasteiger partial charge in [0.05, 0.1) is 0 Å². The van der Waals surface area contributed by atoms with E-state index < -0.39 is 59.9 Å². The van der Waals surface area contributed by atoms with Crippen molar-refractivity contribution in [3.63, 3.8) is 0 Å². The van der Waals surface area contributed by atoms with Gasteiger partial charge in [-0.05, 0) is 40.8 Å². The number of carbonyl (C=O) groups is 5. The van der Waals surface area contributed by atoms with Crippen LogP contribution in [0.5, 0.6) is 0 Å². The van der Waals surface area contributed by atoms with E-state index in [0.29, 0.717) is 11.3 Å². The van der Waals surface area contributed by atoms with Crippen molar-refractivity contribution in [2.45, 2.75) is 91.1 Å². The molecule has 1 aliphatic heterocycles. The Morgan fingerprint density at radius 1 is 0.681 bits per heavy atom. The highest BCUT2D eigenvalue weighted by Gasteiger charge is 2.37. The molecule has 13 nitrogen and oxygen atoms in total. The Morgan fingerprint density at radius 3 is 1.74 bits per heavy atom. The summed E-state index contributed by atoms with van der Waals surface area (Å²) in [6.45, 7) is 10.8. The van der Waals surface area contributed by atoms with Crippen LogP contribution in [0.3, 0.4) is 0 Å². The van der Waals surface area contributed by atoms with Crippen LogP contribution in [0.2, 0.25) is 0 Å². The number of amides is 4. The summed E-state index contributed by atoms with van der Waals surface area (Å²) in [7, 11) is 0. The Bertz CT molecular complexity index is 1460. The summed E-state index contributed by atoms with van der Waals surface area (Å²) in [6, 6.07) is 11.1. The second-order valence-corrected chi connectivity index (χ2v) is 12.9. The predicted octanol–water partition coefficient (Wildman–Crippen LogP) is 3.64. The number of rotatable bonds is 9. The van der Waals surface area contributed by atoms with Gasteiger partial charge in [0.1, 0.15) is 24.2 Å². The van der Waals surface area contributed by atoms with Crippen LogP contribution in [-0.4, -0.2) is 59.9 Å². The summed E-state index contributed by atoms with van der Waals surface area (Å²) in [5.74, 6) is -4.14. The van der Waals surface area contributed by atoms with Crippen LogP contribution in [0.15, 0.2) is 59.7 Å². The first-order valence-electron chi connectivity index (χ1n) is 15.9. The molecule has 0 spiro atoms. The molecule has 0 aromatic heterocycles. The van der Waals surface area contributed by atoms with Crippen LogP contribution < -0.4 is 21.3 Å². The van der Waals surface area contributed by atoms with E-state index in [1.807, 2.05) is 44.2 Å². The minimum Gasteiger partial charge on any atom is -0.451 e. The van der Waals surface area contributed by atoms with Crippen molar-refractivity contribution >= 4 is 35.3 Å². The molecule has 47 heavy (non-hydrogen) atoms. The fraction of sp³-hybridized carbons (Fsp3) is 0.500. The van der Waals surface area contributed by atoms with Gasteiger partial charge in [0.2, 0.25) is 17.7 Å². The maximum Gasteiger partial charge on any atom is 0.329 e. The first-order valence-corrected chi connectivity index (χ1v) is 15.9. The molecule has 1 saturated heterocycles. The lowest BCUT2D eigenvalue weighted by Gasteiger charge is -2.29. The van der Waals surface area contributed by atoms with Gasteiger partial charge in [0.15, 0.2) is 6.10 Å². The van der Waals surface area contributed by atoms with Crippen molar-refractivity contribution in [1.82, 2.24) is 21.3 Å². The number of ether oxygens (including phenoxy) is 1. The Morgan fingerprint density at radius 2 is 1.19 bits per heavy atom. The summed E-state index contributed by atoms with van der Waals surface area (Å²) in [6.07, 6.45) is -1.01. The maximum absolute atomic E-state index is 13.8. The molecule has 4 amide bonds. The van der Waals surface area contributed by atoms with Crippen LogP contribution >= 0.6 is 0 Å². The van der Waals surface area contributed by atoms with Crippen molar-refractivity contribution in [2.24, 2.45) is 22.9 Å². The van der Waals surface area contributed by atoms with Crippen molar-refractivity contribution in [3.05, 3.63) is 76.2 Å². The zero-order valence-corrected chi connectivity index (χ0v) is 27.7. The van der Waals surface area contributed by atoms with Crippen molar-refractivity contribution in [1.29, 1.82) is 0 Å². The van der Waals surface area contributed by atoms with Crippen LogP contribution in [0.25, 0.3) is 10.4 Å². The SMILES string of the molecule is CC(C)CC1OC(=O)[C@H](Cc2ccccc2)NC(=O)[C@H](C(C)C)NC(=O)[C@H](C(C)C)NC(=O)[C@H](Cc2ccc(N=[N+]=[N-])cc2)NC1=O. The summed E-state index contributed by atoms with van der Waals surface area (Å²) >= 11 is 0. The largest absolute Gasteiger partial charge is 0.451 e. The van der Waals surface area contributed by atoms with Crippen molar-refractivity contribution in [3.8, 4) is 0 Å². The van der Waals surface area contributed by atoms with E-state index in [1.165, 1.54) is 0 Å². The summed E-state index contributed by atoms with van der Waals surface area (Å²) in [5, 5.41) is 14.6. The highest BCUT2D eigenvalue weighted by atomic mass is 16.5. The molecule has 252 valence electrons. The van der Waals surface area contributed by atoms with Gasteiger partial charge in [-0.25, -0.2) is 4.79 Å². The lowest BCUT2D eigenvalue weighted by atomic mass is 9.98. The Balaban J connectivity index is 2.07. The van der Waals surface area contributed by atoms with Crippen LogP contribution in [-0.2, 0) is 41.6 Å². The summed E-state index contributed by atoms with van der Waals surface area (Å²) in [5.41, 5.74) is 10.5. The molecule has 0 radical (unpaired) electrons. The van der Waals surface area contributed by atoms with Crippen LogP contribution in [0.1, 0.15) is 59.1 Å². The molecule has 1 heterocycles. The second-order valence-electron chi connectivity index (χ2n) is 12.9. The van der Waals surface area contributed by atoms with Gasteiger partial charge in [-0.15, -0.1) is 0 Å². The van der Waals surface area contributed by atoms with E-state index in [4.69, 9.17) is 10.3 Å². The monoisotopic (exact) mass is 647 g/mol. The number of nitrogens with one attached hydrogen (secondary N) is 4. The molecule has 0 aliphatic carbocycles. The fourth-order valence-electron chi connectivity index (χ4n) is 5.19. The van der Waals surface area contributed by atoms with E-state index in [0.717, 1.165) is 5.56 Å². The zero-order valence-electron chi connectivity index (χ0n) is 27.7. The van der Waals surface area contributed by atoms with Crippen LogP contribution in [0.4, 0.5) is 5.69 Å². The van der Waals surface area contributed by atoms with Gasteiger partial charge >= 0.3 is 5.97 Å². The smallest absolute Gasteiger partial charge is 0.329 e. The highest BCUT2D eigenvalue weighted by Crippen LogP contribution is 2.17. The molecule has 5 atom stereocenters. The summed E-state index contributed by atoms with van der Waals surface area (Å²) < 4.78 is 5.80. The first kappa shape index (κ1) is 36.6. The topological polar surface area (TPSA) is 191 Å². The van der Waals surface area contributed by atoms with Gasteiger partial charge in [-0.3, -0.25) is 19.2 Å². The molecule has 13 heteroatoms. The maximum atomic E-state index is 13.8. The quantitative estimate of drug-likeness (QED) is 0.139. The molecule has 4 N–H and O–H groups in total. The lowest BCUT2D eigenvalue weighted by molar-refractivity contribution is -0.160. The standard InChI is InChI=1S/C34H45N7O6/c1-19(2)16-27-31(43)36-25(17-23-12-14-24(15-13-23)40-41-35)30(42)38-29(21(5)6)33(45)39-28(20(3)4)32(44)37-26(34(46)47-27)18-22-10-8-7-9-11-22/h7-15,19-21,25-29H,16-18H2,1-6H3,(H,36,43)(H,37,44)(H,38,42)(H,39,45)/t25-,26-,27?,28-,29-/m0/s1. The molecular weight excluding hydrogens is 602 g/mol. The first-order chi connectivity index (χ1) is 22.3. The van der Waals surface area contributed by atoms with Gasteiger partial charge in [-0.1, -0.05) is 101 Å². The number of hydrogen-bond donors (Lipinski definition) is 4. The normalized spacial score (nSPS) is 23.1. The number of hydrogen-bond acceptors (Lipinski definition) is 7. The Labute approximate surface area is 275 Å². The number of esters is 1. The highest BCUT2D eigenvalue weighted by molar-refractivity contribution is 5.96. The van der Waals surface area contributed by atoms with Gasteiger partial charge < -0.3 is 26.0 Å². The number of cyclic esters (lactones) is 1. The summed E-state index contributed by atoms with van der Waals surface area (Å²) in [4.78, 5) is 71.3. The molecule has 1 aliphatic rings. The fourth-order valence-corrected chi connectivity index (χ4v) is 5.19. The van der Waals surface area contributed by atoms with E-state index in [1.54, 1.807) is 52.0 Å². The molecule has 1 unspecified atom stereocenters. The predicted molar refractivity (Wildman–Crippen MR) is 176 cm³/mol. The lowest BCUT2D eigenvalue weighted by Crippen LogP contribution is -2.60. The number of nitrogens with zero attached hydrogens (tertiary/aromatic N) is 3. The average molecular weight is 648 g/mol. The average Bonchev–Trinajstić information content (AvgIpc) is 3.01. The third-order valence-electron chi connectivity index (χ3n) is 7.78. The minimum atomic E-state index is -1.27. The molecule has 2 aromatic carbocycles. The van der Waals surface area contributed by atoms with Crippen molar-refractivity contribution < 1.29 is 28.7 Å². The number of carbonyl (C=O) groups excluding carboxylic acids is 5. The van der Waals surface area contributed by atoms with E-state index >= 15 is 0 Å². The molecule has 0 bridgehead atoms. The van der Waals surface area contributed by atoms with Crippen molar-refractivity contribution in [2.75, 3.05) is 0 Å². The number of azide groups is 1. The van der Waals surface area contributed by atoms with Gasteiger partial charge in [0.25, 0.3) is 5.91 Å². The van der Waals surface area contributed by atoms with E-state index in [9.17, 15) is 24.0 Å². The van der Waals surface area contributed by atoms with Gasteiger partial charge in [0, 0.05) is 23.4 Å². The van der Waals surface area contributed by atoms with E-state index in [2.05, 4.69) is 31.3 Å². The molecule has 0 saturated carbocycles. The van der Waals surface area contributed by atoms with Gasteiger partial charge in [-0.2, -0.15) is 0 Å². The molecule has 1 fully saturated rings. The minimum absolute atomic E-state index is 0.0220. The zero-order chi connectivity index (χ0) is 34.7. The molecule has 2 aromatic rings. The molecule has 3 rings (SSSR count). The van der Waals surface area contributed by atoms with Crippen LogP contribution in [0, 0.1) is 17.8 Å². The van der Waals surface area contributed by atoms with E-state index in [-0.39, 0.29) is 37.0 Å². The third-order valence-corrected chi connectivity index (χ3v) is 7.78. The number of benzene rings is 2. The Kier molecular flexibility index (Phi) is 13.3. The second kappa shape index (κ2) is 17.1. The molecular formula is C34H45N7O6.